The van der Waals surface area contributed by atoms with Crippen molar-refractivity contribution in [2.75, 3.05) is 11.5 Å². The molecule has 0 unspecified atom stereocenters. The quantitative estimate of drug-likeness (QED) is 0.915. The topological polar surface area (TPSA) is 71.8 Å². The van der Waals surface area contributed by atoms with Gasteiger partial charge in [0.1, 0.15) is 11.5 Å². The summed E-state index contributed by atoms with van der Waals surface area (Å²) in [7, 11) is 0. The first-order valence-electron chi connectivity index (χ1n) is 9.12. The Kier molecular flexibility index (Phi) is 4.65. The Labute approximate surface area is 152 Å². The lowest BCUT2D eigenvalue weighted by atomic mass is 9.95. The van der Waals surface area contributed by atoms with Crippen LogP contribution in [0.2, 0.25) is 0 Å². The highest BCUT2D eigenvalue weighted by Gasteiger charge is 2.26. The van der Waals surface area contributed by atoms with Crippen molar-refractivity contribution in [2.45, 2.75) is 44.7 Å². The number of carbonyl (C=O) groups excluding carboxylic acids is 2. The standard InChI is InChI=1S/C20H22N2O4/c23-19-13-25-17-9-5-4-8-16(17)22(19)12-15-10-11-18(26-15)20(24)21-14-6-2-1-3-7-14/h4-5,8-11,14H,1-3,6-7,12-13H2,(H,21,24). The van der Waals surface area contributed by atoms with Gasteiger partial charge in [-0.1, -0.05) is 31.4 Å². The molecule has 2 aromatic rings. The van der Waals surface area contributed by atoms with Crippen LogP contribution in [0, 0.1) is 0 Å². The molecule has 2 heterocycles. The number of nitrogens with one attached hydrogen (secondary N) is 1. The fourth-order valence-electron chi connectivity index (χ4n) is 3.57. The minimum atomic E-state index is -0.183. The average molecular weight is 354 g/mol. The van der Waals surface area contributed by atoms with Crippen LogP contribution < -0.4 is 15.0 Å². The fourth-order valence-corrected chi connectivity index (χ4v) is 3.57. The van der Waals surface area contributed by atoms with Crippen LogP contribution in [0.1, 0.15) is 48.4 Å². The Bertz CT molecular complexity index is 808. The van der Waals surface area contributed by atoms with Crippen molar-refractivity contribution in [3.05, 3.63) is 47.9 Å². The number of nitrogens with zero attached hydrogens (tertiary/aromatic N) is 1. The summed E-state index contributed by atoms with van der Waals surface area (Å²) in [6.07, 6.45) is 5.61. The molecule has 2 amide bonds. The van der Waals surface area contributed by atoms with Crippen molar-refractivity contribution < 1.29 is 18.7 Å². The van der Waals surface area contributed by atoms with Gasteiger partial charge in [0.2, 0.25) is 0 Å². The third-order valence-corrected chi connectivity index (χ3v) is 4.95. The predicted octanol–water partition coefficient (Wildman–Crippen LogP) is 3.27. The maximum atomic E-state index is 12.4. The number of fused-ring (bicyclic) bond motifs is 1. The molecule has 2 aliphatic rings. The van der Waals surface area contributed by atoms with Crippen molar-refractivity contribution in [1.82, 2.24) is 5.32 Å². The van der Waals surface area contributed by atoms with Gasteiger partial charge >= 0.3 is 0 Å². The highest BCUT2D eigenvalue weighted by atomic mass is 16.5. The number of rotatable bonds is 4. The van der Waals surface area contributed by atoms with E-state index in [1.54, 1.807) is 17.0 Å². The lowest BCUT2D eigenvalue weighted by Crippen LogP contribution is -2.38. The van der Waals surface area contributed by atoms with Crippen LogP contribution in [-0.4, -0.2) is 24.5 Å². The summed E-state index contributed by atoms with van der Waals surface area (Å²) in [6.45, 7) is 0.280. The molecular formula is C20H22N2O4. The summed E-state index contributed by atoms with van der Waals surface area (Å²) < 4.78 is 11.2. The molecule has 1 N–H and O–H groups in total. The zero-order chi connectivity index (χ0) is 17.9. The van der Waals surface area contributed by atoms with Crippen LogP contribution >= 0.6 is 0 Å². The Morgan fingerprint density at radius 1 is 1.12 bits per heavy atom. The Balaban J connectivity index is 1.45. The van der Waals surface area contributed by atoms with Gasteiger partial charge in [-0.3, -0.25) is 14.5 Å². The molecule has 1 aliphatic carbocycles. The number of hydrogen-bond donors (Lipinski definition) is 1. The fraction of sp³-hybridized carbons (Fsp3) is 0.400. The smallest absolute Gasteiger partial charge is 0.287 e. The summed E-state index contributed by atoms with van der Waals surface area (Å²) in [4.78, 5) is 26.2. The van der Waals surface area contributed by atoms with Gasteiger partial charge in [0.05, 0.1) is 12.2 Å². The van der Waals surface area contributed by atoms with Crippen LogP contribution in [0.25, 0.3) is 0 Å². The lowest BCUT2D eigenvalue weighted by molar-refractivity contribution is -0.121. The second kappa shape index (κ2) is 7.23. The van der Waals surface area contributed by atoms with Gasteiger partial charge in [-0.05, 0) is 37.1 Å². The maximum absolute atomic E-state index is 12.4. The van der Waals surface area contributed by atoms with Gasteiger partial charge in [0.25, 0.3) is 11.8 Å². The highest BCUT2D eigenvalue weighted by molar-refractivity contribution is 5.97. The van der Waals surface area contributed by atoms with E-state index in [2.05, 4.69) is 5.32 Å². The van der Waals surface area contributed by atoms with Gasteiger partial charge in [-0.2, -0.15) is 0 Å². The third kappa shape index (κ3) is 3.45. The minimum Gasteiger partial charge on any atom is -0.482 e. The van der Waals surface area contributed by atoms with Gasteiger partial charge in [0, 0.05) is 6.04 Å². The Morgan fingerprint density at radius 3 is 2.77 bits per heavy atom. The number of ether oxygens (including phenoxy) is 1. The number of hydrogen-bond acceptors (Lipinski definition) is 4. The van der Waals surface area contributed by atoms with Crippen LogP contribution in [0.3, 0.4) is 0 Å². The molecule has 6 nitrogen and oxygen atoms in total. The second-order valence-corrected chi connectivity index (χ2v) is 6.81. The molecule has 26 heavy (non-hydrogen) atoms. The number of amides is 2. The Hall–Kier alpha value is -2.76. The molecule has 1 aromatic heterocycles. The van der Waals surface area contributed by atoms with E-state index in [0.717, 1.165) is 25.7 Å². The zero-order valence-electron chi connectivity index (χ0n) is 14.6. The number of para-hydroxylation sites is 2. The van der Waals surface area contributed by atoms with Crippen LogP contribution in [-0.2, 0) is 11.3 Å². The van der Waals surface area contributed by atoms with E-state index in [9.17, 15) is 9.59 Å². The molecule has 0 bridgehead atoms. The first-order valence-corrected chi connectivity index (χ1v) is 9.12. The third-order valence-electron chi connectivity index (χ3n) is 4.95. The number of benzene rings is 1. The zero-order valence-corrected chi connectivity index (χ0v) is 14.6. The minimum absolute atomic E-state index is 0.00669. The van der Waals surface area contributed by atoms with Crippen molar-refractivity contribution in [3.8, 4) is 5.75 Å². The molecule has 1 aromatic carbocycles. The molecule has 0 atom stereocenters. The van der Waals surface area contributed by atoms with Crippen molar-refractivity contribution in [1.29, 1.82) is 0 Å². The SMILES string of the molecule is O=C(NC1CCCCC1)c1ccc(CN2C(=O)COc3ccccc32)o1. The van der Waals surface area contributed by atoms with Crippen LogP contribution in [0.5, 0.6) is 5.75 Å². The highest BCUT2D eigenvalue weighted by Crippen LogP contribution is 2.32. The normalized spacial score (nSPS) is 17.5. The van der Waals surface area contributed by atoms with Gasteiger partial charge in [-0.25, -0.2) is 0 Å². The summed E-state index contributed by atoms with van der Waals surface area (Å²) in [5.41, 5.74) is 0.716. The summed E-state index contributed by atoms with van der Waals surface area (Å²) in [6, 6.07) is 11.1. The van der Waals surface area contributed by atoms with Crippen molar-refractivity contribution >= 4 is 17.5 Å². The number of furan rings is 1. The summed E-state index contributed by atoms with van der Waals surface area (Å²) in [5, 5.41) is 3.04. The monoisotopic (exact) mass is 354 g/mol. The molecule has 1 saturated carbocycles. The van der Waals surface area contributed by atoms with E-state index in [0.29, 0.717) is 23.0 Å². The van der Waals surface area contributed by atoms with E-state index < -0.39 is 0 Å². The molecule has 6 heteroatoms. The lowest BCUT2D eigenvalue weighted by Gasteiger charge is -2.28. The van der Waals surface area contributed by atoms with Crippen LogP contribution in [0.15, 0.2) is 40.8 Å². The molecule has 0 radical (unpaired) electrons. The molecule has 4 rings (SSSR count). The molecule has 136 valence electrons. The van der Waals surface area contributed by atoms with Gasteiger partial charge in [0.15, 0.2) is 12.4 Å². The molecule has 0 saturated heterocycles. The van der Waals surface area contributed by atoms with Crippen molar-refractivity contribution in [3.63, 3.8) is 0 Å². The van der Waals surface area contributed by atoms with E-state index in [-0.39, 0.29) is 31.0 Å². The Morgan fingerprint density at radius 2 is 1.92 bits per heavy atom. The van der Waals surface area contributed by atoms with E-state index in [4.69, 9.17) is 9.15 Å². The van der Waals surface area contributed by atoms with Gasteiger partial charge in [-0.15, -0.1) is 0 Å². The molecular weight excluding hydrogens is 332 g/mol. The average Bonchev–Trinajstić information content (AvgIpc) is 3.14. The van der Waals surface area contributed by atoms with Gasteiger partial charge < -0.3 is 14.5 Å². The first kappa shape index (κ1) is 16.7. The number of anilines is 1. The summed E-state index contributed by atoms with van der Waals surface area (Å²) in [5.74, 6) is 1.22. The van der Waals surface area contributed by atoms with E-state index >= 15 is 0 Å². The molecule has 1 fully saturated rings. The van der Waals surface area contributed by atoms with E-state index in [1.165, 1.54) is 6.42 Å². The molecule has 1 aliphatic heterocycles. The summed E-state index contributed by atoms with van der Waals surface area (Å²) >= 11 is 0. The molecule has 0 spiro atoms. The van der Waals surface area contributed by atoms with Crippen molar-refractivity contribution in [2.24, 2.45) is 0 Å². The second-order valence-electron chi connectivity index (χ2n) is 6.81. The predicted molar refractivity (Wildman–Crippen MR) is 96.2 cm³/mol. The largest absolute Gasteiger partial charge is 0.482 e. The first-order chi connectivity index (χ1) is 12.7. The maximum Gasteiger partial charge on any atom is 0.287 e. The van der Waals surface area contributed by atoms with Crippen LogP contribution in [0.4, 0.5) is 5.69 Å². The van der Waals surface area contributed by atoms with E-state index in [1.807, 2.05) is 24.3 Å². The number of carbonyl (C=O) groups is 2.